The topological polar surface area (TPSA) is 63.2 Å². The van der Waals surface area contributed by atoms with Crippen LogP contribution in [0, 0.1) is 5.92 Å². The Labute approximate surface area is 94.2 Å². The number of nitrogens with one attached hydrogen (secondary N) is 2. The smallest absolute Gasteiger partial charge is 0.229 e. The predicted molar refractivity (Wildman–Crippen MR) is 61.3 cm³/mol. The van der Waals surface area contributed by atoms with Crippen LogP contribution in [0.15, 0.2) is 18.3 Å². The third-order valence-corrected chi connectivity index (χ3v) is 2.59. The first-order chi connectivity index (χ1) is 7.79. The fourth-order valence-electron chi connectivity index (χ4n) is 1.60. The lowest BCUT2D eigenvalue weighted by molar-refractivity contribution is -0.119. The van der Waals surface area contributed by atoms with Crippen LogP contribution in [0.25, 0.3) is 0 Å². The molecule has 0 aliphatic carbocycles. The zero-order valence-electron chi connectivity index (χ0n) is 9.19. The molecule has 1 aliphatic rings. The lowest BCUT2D eigenvalue weighted by Crippen LogP contribution is -2.22. The van der Waals surface area contributed by atoms with E-state index in [1.807, 2.05) is 12.1 Å². The fourth-order valence-corrected chi connectivity index (χ4v) is 1.60. The number of anilines is 2. The normalized spacial score (nSPS) is 19.4. The standard InChI is InChI=1S/C11H15N3O2/c1-12-10-3-2-9(6-13-10)14-11(15)8-4-5-16-7-8/h2-3,6,8H,4-5,7H2,1H3,(H,12,13)(H,14,15). The summed E-state index contributed by atoms with van der Waals surface area (Å²) in [6, 6.07) is 3.65. The second-order valence-electron chi connectivity index (χ2n) is 3.73. The summed E-state index contributed by atoms with van der Waals surface area (Å²) in [5, 5.41) is 5.74. The highest BCUT2D eigenvalue weighted by molar-refractivity contribution is 5.92. The summed E-state index contributed by atoms with van der Waals surface area (Å²) in [6.07, 6.45) is 2.44. The van der Waals surface area contributed by atoms with Crippen molar-refractivity contribution in [3.05, 3.63) is 18.3 Å². The van der Waals surface area contributed by atoms with E-state index >= 15 is 0 Å². The fraction of sp³-hybridized carbons (Fsp3) is 0.455. The maximum absolute atomic E-state index is 11.7. The first kappa shape index (κ1) is 10.9. The van der Waals surface area contributed by atoms with Crippen molar-refractivity contribution in [2.24, 2.45) is 5.92 Å². The molecule has 2 rings (SSSR count). The molecule has 1 fully saturated rings. The Bertz CT molecular complexity index is 358. The molecule has 1 saturated heterocycles. The summed E-state index contributed by atoms with van der Waals surface area (Å²) >= 11 is 0. The van der Waals surface area contributed by atoms with Crippen LogP contribution in [-0.4, -0.2) is 31.2 Å². The van der Waals surface area contributed by atoms with E-state index in [1.54, 1.807) is 13.2 Å². The first-order valence-corrected chi connectivity index (χ1v) is 5.32. The van der Waals surface area contributed by atoms with Crippen molar-refractivity contribution in [3.8, 4) is 0 Å². The molecular formula is C11H15N3O2. The van der Waals surface area contributed by atoms with Crippen LogP contribution in [0.2, 0.25) is 0 Å². The Morgan fingerprint density at radius 2 is 2.44 bits per heavy atom. The van der Waals surface area contributed by atoms with Crippen LogP contribution in [-0.2, 0) is 9.53 Å². The van der Waals surface area contributed by atoms with Crippen LogP contribution in [0.5, 0.6) is 0 Å². The van der Waals surface area contributed by atoms with Crippen molar-refractivity contribution in [3.63, 3.8) is 0 Å². The molecule has 1 atom stereocenters. The monoisotopic (exact) mass is 221 g/mol. The SMILES string of the molecule is CNc1ccc(NC(=O)C2CCOC2)cn1. The van der Waals surface area contributed by atoms with Crippen molar-refractivity contribution in [1.29, 1.82) is 0 Å². The van der Waals surface area contributed by atoms with Crippen molar-refractivity contribution >= 4 is 17.4 Å². The minimum Gasteiger partial charge on any atom is -0.381 e. The first-order valence-electron chi connectivity index (χ1n) is 5.32. The average Bonchev–Trinajstić information content (AvgIpc) is 2.83. The molecule has 0 saturated carbocycles. The van der Waals surface area contributed by atoms with Gasteiger partial charge in [-0.1, -0.05) is 0 Å². The summed E-state index contributed by atoms with van der Waals surface area (Å²) in [4.78, 5) is 15.9. The molecule has 0 aromatic carbocycles. The summed E-state index contributed by atoms with van der Waals surface area (Å²) < 4.78 is 5.17. The maximum atomic E-state index is 11.7. The molecule has 86 valence electrons. The number of aromatic nitrogens is 1. The van der Waals surface area contributed by atoms with Gasteiger partial charge in [0.05, 0.1) is 24.4 Å². The zero-order chi connectivity index (χ0) is 11.4. The molecule has 0 bridgehead atoms. The highest BCUT2D eigenvalue weighted by atomic mass is 16.5. The van der Waals surface area contributed by atoms with Crippen molar-refractivity contribution in [2.75, 3.05) is 30.9 Å². The molecule has 5 heteroatoms. The molecule has 1 aromatic heterocycles. The average molecular weight is 221 g/mol. The largest absolute Gasteiger partial charge is 0.381 e. The highest BCUT2D eigenvalue weighted by Crippen LogP contribution is 2.16. The van der Waals surface area contributed by atoms with E-state index in [0.717, 1.165) is 17.9 Å². The van der Waals surface area contributed by atoms with Crippen molar-refractivity contribution < 1.29 is 9.53 Å². The van der Waals surface area contributed by atoms with E-state index in [1.165, 1.54) is 0 Å². The van der Waals surface area contributed by atoms with Crippen molar-refractivity contribution in [1.82, 2.24) is 4.98 Å². The number of carbonyl (C=O) groups is 1. The molecular weight excluding hydrogens is 206 g/mol. The molecule has 2 heterocycles. The van der Waals surface area contributed by atoms with E-state index < -0.39 is 0 Å². The van der Waals surface area contributed by atoms with Gasteiger partial charge >= 0.3 is 0 Å². The van der Waals surface area contributed by atoms with Crippen LogP contribution in [0.3, 0.4) is 0 Å². The summed E-state index contributed by atoms with van der Waals surface area (Å²) in [6.45, 7) is 1.20. The van der Waals surface area contributed by atoms with Gasteiger partial charge < -0.3 is 15.4 Å². The number of carbonyl (C=O) groups excluding carboxylic acids is 1. The van der Waals surface area contributed by atoms with Gasteiger partial charge in [0.2, 0.25) is 5.91 Å². The molecule has 1 aromatic rings. The van der Waals surface area contributed by atoms with E-state index in [2.05, 4.69) is 15.6 Å². The van der Waals surface area contributed by atoms with E-state index in [4.69, 9.17) is 4.74 Å². The van der Waals surface area contributed by atoms with Gasteiger partial charge in [-0.05, 0) is 18.6 Å². The summed E-state index contributed by atoms with van der Waals surface area (Å²) in [7, 11) is 1.80. The molecule has 0 spiro atoms. The van der Waals surface area contributed by atoms with Gasteiger partial charge in [0.1, 0.15) is 5.82 Å². The molecule has 1 aliphatic heterocycles. The van der Waals surface area contributed by atoms with Gasteiger partial charge in [-0.15, -0.1) is 0 Å². The maximum Gasteiger partial charge on any atom is 0.229 e. The van der Waals surface area contributed by atoms with Crippen LogP contribution < -0.4 is 10.6 Å². The predicted octanol–water partition coefficient (Wildman–Crippen LogP) is 1.10. The zero-order valence-corrected chi connectivity index (χ0v) is 9.19. The Morgan fingerprint density at radius 1 is 1.56 bits per heavy atom. The Morgan fingerprint density at radius 3 is 3.00 bits per heavy atom. The quantitative estimate of drug-likeness (QED) is 0.802. The summed E-state index contributed by atoms with van der Waals surface area (Å²) in [5.41, 5.74) is 0.718. The number of pyridine rings is 1. The number of nitrogens with zero attached hydrogens (tertiary/aromatic N) is 1. The minimum absolute atomic E-state index is 0.0107. The number of amides is 1. The molecule has 16 heavy (non-hydrogen) atoms. The minimum atomic E-state index is -0.0241. The number of ether oxygens (including phenoxy) is 1. The van der Waals surface area contributed by atoms with E-state index in [-0.39, 0.29) is 11.8 Å². The Hall–Kier alpha value is -1.62. The van der Waals surface area contributed by atoms with E-state index in [9.17, 15) is 4.79 Å². The van der Waals surface area contributed by atoms with Crippen LogP contribution in [0.4, 0.5) is 11.5 Å². The van der Waals surface area contributed by atoms with Crippen molar-refractivity contribution in [2.45, 2.75) is 6.42 Å². The number of hydrogen-bond acceptors (Lipinski definition) is 4. The Kier molecular flexibility index (Phi) is 3.36. The second kappa shape index (κ2) is 4.94. The molecule has 1 unspecified atom stereocenters. The Balaban J connectivity index is 1.94. The van der Waals surface area contributed by atoms with Gasteiger partial charge in [-0.25, -0.2) is 4.98 Å². The number of hydrogen-bond donors (Lipinski definition) is 2. The van der Waals surface area contributed by atoms with Crippen LogP contribution in [0.1, 0.15) is 6.42 Å². The van der Waals surface area contributed by atoms with Gasteiger partial charge in [0.25, 0.3) is 0 Å². The van der Waals surface area contributed by atoms with Gasteiger partial charge in [-0.3, -0.25) is 4.79 Å². The van der Waals surface area contributed by atoms with Gasteiger partial charge in [0, 0.05) is 13.7 Å². The van der Waals surface area contributed by atoms with Gasteiger partial charge in [0.15, 0.2) is 0 Å². The lowest BCUT2D eigenvalue weighted by atomic mass is 10.1. The van der Waals surface area contributed by atoms with Gasteiger partial charge in [-0.2, -0.15) is 0 Å². The molecule has 2 N–H and O–H groups in total. The molecule has 1 amide bonds. The van der Waals surface area contributed by atoms with E-state index in [0.29, 0.717) is 13.2 Å². The summed E-state index contributed by atoms with van der Waals surface area (Å²) in [5.74, 6) is 0.766. The van der Waals surface area contributed by atoms with Crippen LogP contribution >= 0.6 is 0 Å². The molecule has 5 nitrogen and oxygen atoms in total. The second-order valence-corrected chi connectivity index (χ2v) is 3.73. The third kappa shape index (κ3) is 2.49. The third-order valence-electron chi connectivity index (χ3n) is 2.59. The highest BCUT2D eigenvalue weighted by Gasteiger charge is 2.23. The number of rotatable bonds is 3. The molecule has 0 radical (unpaired) electrons. The lowest BCUT2D eigenvalue weighted by Gasteiger charge is -2.09.